The number of rotatable bonds is 7. The Morgan fingerprint density at radius 1 is 0.914 bits per heavy atom. The van der Waals surface area contributed by atoms with Crippen LogP contribution in [-0.2, 0) is 13.1 Å². The Morgan fingerprint density at radius 3 is 2.63 bits per heavy atom. The lowest BCUT2D eigenvalue weighted by atomic mass is 10.1. The zero-order valence-electron chi connectivity index (χ0n) is 18.8. The monoisotopic (exact) mass is 462 g/mol. The summed E-state index contributed by atoms with van der Waals surface area (Å²) in [5.41, 5.74) is 3.20. The van der Waals surface area contributed by atoms with Crippen LogP contribution in [0.4, 0.5) is 11.6 Å². The van der Waals surface area contributed by atoms with Gasteiger partial charge in [0, 0.05) is 42.4 Å². The van der Waals surface area contributed by atoms with E-state index in [4.69, 9.17) is 0 Å². The standard InChI is InChI=1S/C27H22N6O2/c34-25(23-9-5-13-33(26(23)35)18-20-6-4-12-28-15-20)29-16-19-10-11-24-21(14-19)17-30-27(32-24)31-22-7-2-1-3-8-22/h1-15,17H,16,18H2,(H,29,34)(H,30,31,32). The van der Waals surface area contributed by atoms with Crippen LogP contribution in [0.5, 0.6) is 0 Å². The van der Waals surface area contributed by atoms with Gasteiger partial charge in [-0.05, 0) is 53.6 Å². The highest BCUT2D eigenvalue weighted by Crippen LogP contribution is 2.18. The second-order valence-corrected chi connectivity index (χ2v) is 7.98. The molecule has 3 heterocycles. The van der Waals surface area contributed by atoms with Crippen LogP contribution < -0.4 is 16.2 Å². The molecule has 0 bridgehead atoms. The molecule has 0 fully saturated rings. The first-order valence-electron chi connectivity index (χ1n) is 11.1. The molecule has 0 radical (unpaired) electrons. The van der Waals surface area contributed by atoms with E-state index in [1.54, 1.807) is 30.9 Å². The molecule has 35 heavy (non-hydrogen) atoms. The molecule has 0 aliphatic rings. The van der Waals surface area contributed by atoms with E-state index in [9.17, 15) is 9.59 Å². The summed E-state index contributed by atoms with van der Waals surface area (Å²) in [6.07, 6.45) is 6.78. The van der Waals surface area contributed by atoms with E-state index in [1.807, 2.05) is 60.7 Å². The minimum atomic E-state index is -0.422. The number of benzene rings is 2. The van der Waals surface area contributed by atoms with E-state index in [1.165, 1.54) is 10.6 Å². The molecule has 172 valence electrons. The summed E-state index contributed by atoms with van der Waals surface area (Å²) in [6.45, 7) is 0.620. The molecule has 0 saturated carbocycles. The first kappa shape index (κ1) is 22.0. The summed E-state index contributed by atoms with van der Waals surface area (Å²) in [7, 11) is 0. The van der Waals surface area contributed by atoms with E-state index in [2.05, 4.69) is 25.6 Å². The Balaban J connectivity index is 1.27. The van der Waals surface area contributed by atoms with Crippen molar-refractivity contribution in [3.05, 3.63) is 125 Å². The molecular formula is C27H22N6O2. The number of para-hydroxylation sites is 1. The van der Waals surface area contributed by atoms with Crippen LogP contribution in [0.1, 0.15) is 21.5 Å². The fraction of sp³-hybridized carbons (Fsp3) is 0.0741. The van der Waals surface area contributed by atoms with Crippen LogP contribution >= 0.6 is 0 Å². The molecule has 2 aromatic carbocycles. The summed E-state index contributed by atoms with van der Waals surface area (Å²) < 4.78 is 1.50. The third-order valence-electron chi connectivity index (χ3n) is 5.47. The van der Waals surface area contributed by atoms with Crippen molar-refractivity contribution in [3.63, 3.8) is 0 Å². The average molecular weight is 463 g/mol. The van der Waals surface area contributed by atoms with Crippen LogP contribution in [-0.4, -0.2) is 25.4 Å². The number of nitrogens with one attached hydrogen (secondary N) is 2. The number of anilines is 2. The Bertz CT molecular complexity index is 1530. The van der Waals surface area contributed by atoms with Crippen molar-refractivity contribution in [3.8, 4) is 0 Å². The van der Waals surface area contributed by atoms with Gasteiger partial charge in [-0.2, -0.15) is 0 Å². The van der Waals surface area contributed by atoms with Crippen molar-refractivity contribution in [2.45, 2.75) is 13.1 Å². The number of fused-ring (bicyclic) bond motifs is 1. The maximum absolute atomic E-state index is 12.8. The predicted octanol–water partition coefficient (Wildman–Crippen LogP) is 3.91. The largest absolute Gasteiger partial charge is 0.348 e. The number of hydrogen-bond donors (Lipinski definition) is 2. The smallest absolute Gasteiger partial charge is 0.263 e. The van der Waals surface area contributed by atoms with Gasteiger partial charge in [-0.25, -0.2) is 9.97 Å². The maximum Gasteiger partial charge on any atom is 0.263 e. The summed E-state index contributed by atoms with van der Waals surface area (Å²) in [5, 5.41) is 6.87. The van der Waals surface area contributed by atoms with Gasteiger partial charge in [0.05, 0.1) is 12.1 Å². The molecule has 8 nitrogen and oxygen atoms in total. The van der Waals surface area contributed by atoms with Crippen LogP contribution in [0, 0.1) is 0 Å². The maximum atomic E-state index is 12.8. The predicted molar refractivity (Wildman–Crippen MR) is 134 cm³/mol. The second kappa shape index (κ2) is 9.96. The fourth-order valence-corrected chi connectivity index (χ4v) is 3.70. The average Bonchev–Trinajstić information content (AvgIpc) is 2.89. The van der Waals surface area contributed by atoms with Gasteiger partial charge in [0.15, 0.2) is 0 Å². The van der Waals surface area contributed by atoms with Gasteiger partial charge in [-0.3, -0.25) is 14.6 Å². The van der Waals surface area contributed by atoms with Gasteiger partial charge < -0.3 is 15.2 Å². The molecule has 0 saturated heterocycles. The Hall–Kier alpha value is -4.85. The van der Waals surface area contributed by atoms with Gasteiger partial charge in [0.25, 0.3) is 11.5 Å². The van der Waals surface area contributed by atoms with Gasteiger partial charge in [-0.15, -0.1) is 0 Å². The van der Waals surface area contributed by atoms with E-state index in [0.717, 1.165) is 27.7 Å². The lowest BCUT2D eigenvalue weighted by molar-refractivity contribution is 0.0949. The van der Waals surface area contributed by atoms with Gasteiger partial charge in [0.2, 0.25) is 5.95 Å². The number of carbonyl (C=O) groups excluding carboxylic acids is 1. The summed E-state index contributed by atoms with van der Waals surface area (Å²) in [4.78, 5) is 38.6. The molecular weight excluding hydrogens is 440 g/mol. The molecule has 3 aromatic heterocycles. The molecule has 2 N–H and O–H groups in total. The third kappa shape index (κ3) is 5.22. The molecule has 0 spiro atoms. The molecule has 5 rings (SSSR count). The first-order chi connectivity index (χ1) is 17.2. The number of nitrogens with zero attached hydrogens (tertiary/aromatic N) is 4. The lowest BCUT2D eigenvalue weighted by Crippen LogP contribution is -2.32. The summed E-state index contributed by atoms with van der Waals surface area (Å²) in [5.74, 6) is 0.0886. The van der Waals surface area contributed by atoms with Crippen LogP contribution in [0.15, 0.2) is 102 Å². The van der Waals surface area contributed by atoms with E-state index in [0.29, 0.717) is 12.5 Å². The summed E-state index contributed by atoms with van der Waals surface area (Å²) in [6, 6.07) is 22.3. The van der Waals surface area contributed by atoms with Gasteiger partial charge >= 0.3 is 0 Å². The minimum Gasteiger partial charge on any atom is -0.348 e. The highest BCUT2D eigenvalue weighted by molar-refractivity contribution is 5.93. The molecule has 1 amide bonds. The lowest BCUT2D eigenvalue weighted by Gasteiger charge is -2.10. The molecule has 5 aromatic rings. The molecule has 8 heteroatoms. The zero-order chi connectivity index (χ0) is 24.0. The number of amides is 1. The highest BCUT2D eigenvalue weighted by Gasteiger charge is 2.12. The number of hydrogen-bond acceptors (Lipinski definition) is 6. The molecule has 0 unspecified atom stereocenters. The topological polar surface area (TPSA) is 102 Å². The first-order valence-corrected chi connectivity index (χ1v) is 11.1. The SMILES string of the molecule is O=C(NCc1ccc2nc(Nc3ccccc3)ncc2c1)c1cccn(Cc2cccnc2)c1=O. The van der Waals surface area contributed by atoms with Crippen molar-refractivity contribution in [2.75, 3.05) is 5.32 Å². The normalized spacial score (nSPS) is 10.7. The Kier molecular flexibility index (Phi) is 6.25. The number of carbonyl (C=O) groups is 1. The van der Waals surface area contributed by atoms with Crippen LogP contribution in [0.3, 0.4) is 0 Å². The second-order valence-electron chi connectivity index (χ2n) is 7.98. The van der Waals surface area contributed by atoms with E-state index >= 15 is 0 Å². The highest BCUT2D eigenvalue weighted by atomic mass is 16.2. The van der Waals surface area contributed by atoms with Gasteiger partial charge in [0.1, 0.15) is 5.56 Å². The third-order valence-corrected chi connectivity index (χ3v) is 5.47. The van der Waals surface area contributed by atoms with E-state index in [-0.39, 0.29) is 17.7 Å². The minimum absolute atomic E-state index is 0.0946. The fourth-order valence-electron chi connectivity index (χ4n) is 3.70. The van der Waals surface area contributed by atoms with E-state index < -0.39 is 5.91 Å². The van der Waals surface area contributed by atoms with Crippen LogP contribution in [0.2, 0.25) is 0 Å². The Morgan fingerprint density at radius 2 is 1.80 bits per heavy atom. The summed E-state index contributed by atoms with van der Waals surface area (Å²) >= 11 is 0. The van der Waals surface area contributed by atoms with Crippen molar-refractivity contribution in [2.24, 2.45) is 0 Å². The van der Waals surface area contributed by atoms with Crippen molar-refractivity contribution < 1.29 is 4.79 Å². The zero-order valence-corrected chi connectivity index (χ0v) is 18.8. The van der Waals surface area contributed by atoms with Crippen molar-refractivity contribution >= 4 is 28.4 Å². The Labute approximate surface area is 201 Å². The molecule has 0 aliphatic carbocycles. The number of aromatic nitrogens is 4. The van der Waals surface area contributed by atoms with Gasteiger partial charge in [-0.1, -0.05) is 30.3 Å². The molecule has 0 aliphatic heterocycles. The van der Waals surface area contributed by atoms with Crippen molar-refractivity contribution in [1.29, 1.82) is 0 Å². The van der Waals surface area contributed by atoms with Crippen molar-refractivity contribution in [1.82, 2.24) is 24.8 Å². The molecule has 0 atom stereocenters. The quantitative estimate of drug-likeness (QED) is 0.380. The number of pyridine rings is 2. The van der Waals surface area contributed by atoms with Crippen LogP contribution in [0.25, 0.3) is 10.9 Å².